The summed E-state index contributed by atoms with van der Waals surface area (Å²) in [5.41, 5.74) is 12.5. The van der Waals surface area contributed by atoms with Gasteiger partial charge in [-0.15, -0.1) is 5.10 Å². The van der Waals surface area contributed by atoms with E-state index in [1.807, 2.05) is 0 Å². The van der Waals surface area contributed by atoms with Crippen LogP contribution in [0, 0.1) is 17.1 Å². The number of nitriles is 1. The third-order valence-electron chi connectivity index (χ3n) is 5.27. The molecule has 0 spiro atoms. The molecule has 2 bridgehead atoms. The second-order valence-corrected chi connectivity index (χ2v) is 7.23. The zero-order valence-electron chi connectivity index (χ0n) is 16.7. The van der Waals surface area contributed by atoms with Gasteiger partial charge in [-0.1, -0.05) is 0 Å². The number of benzene rings is 1. The summed E-state index contributed by atoms with van der Waals surface area (Å²) in [6.07, 6.45) is 2.63. The number of ether oxygens (including phenoxy) is 1. The van der Waals surface area contributed by atoms with Crippen molar-refractivity contribution in [2.75, 3.05) is 10.9 Å². The van der Waals surface area contributed by atoms with Crippen LogP contribution in [-0.2, 0) is 13.6 Å². The quantitative estimate of drug-likeness (QED) is 0.569. The van der Waals surface area contributed by atoms with Gasteiger partial charge in [0.1, 0.15) is 30.0 Å². The Hall–Kier alpha value is -4.33. The molecule has 2 aromatic heterocycles. The van der Waals surface area contributed by atoms with E-state index in [1.54, 1.807) is 48.8 Å². The molecule has 31 heavy (non-hydrogen) atoms. The topological polar surface area (TPSA) is 121 Å². The summed E-state index contributed by atoms with van der Waals surface area (Å²) in [5, 5.41) is 21.9. The molecule has 2 aliphatic rings. The van der Waals surface area contributed by atoms with Gasteiger partial charge in [0.05, 0.1) is 17.9 Å². The number of anilines is 2. The maximum absolute atomic E-state index is 14.1. The Balaban J connectivity index is 1.76. The van der Waals surface area contributed by atoms with Crippen LogP contribution in [-0.4, -0.2) is 26.1 Å². The molecule has 1 atom stereocenters. The van der Waals surface area contributed by atoms with Crippen molar-refractivity contribution >= 4 is 17.8 Å². The number of nitrogens with two attached hydrogens (primary N) is 1. The fourth-order valence-electron chi connectivity index (χ4n) is 3.82. The summed E-state index contributed by atoms with van der Waals surface area (Å²) in [6.45, 7) is 2.10. The molecule has 10 nitrogen and oxygen atoms in total. The van der Waals surface area contributed by atoms with E-state index in [9.17, 15) is 9.65 Å². The summed E-state index contributed by atoms with van der Waals surface area (Å²) >= 11 is 0. The van der Waals surface area contributed by atoms with E-state index in [-0.39, 0.29) is 5.82 Å². The minimum absolute atomic E-state index is 0.193. The zero-order valence-corrected chi connectivity index (χ0v) is 16.7. The number of hydrogen-bond donors (Lipinski definition) is 2. The summed E-state index contributed by atoms with van der Waals surface area (Å²) in [4.78, 5) is 4.26. The van der Waals surface area contributed by atoms with E-state index in [2.05, 4.69) is 26.8 Å². The normalized spacial score (nSPS) is 16.8. The summed E-state index contributed by atoms with van der Waals surface area (Å²) in [5.74, 6) is 0.138. The molecule has 3 aromatic rings. The fourth-order valence-corrected chi connectivity index (χ4v) is 3.82. The Labute approximate surface area is 176 Å². The molecular weight excluding hydrogens is 401 g/mol. The number of halogens is 1. The number of nitrogens with one attached hydrogen (secondary N) is 1. The van der Waals surface area contributed by atoms with Crippen LogP contribution in [0.2, 0.25) is 0 Å². The minimum atomic E-state index is -0.558. The molecule has 0 radical (unpaired) electrons. The molecule has 0 aliphatic carbocycles. The predicted molar refractivity (Wildman–Crippen MR) is 111 cm³/mol. The number of aromatic nitrogens is 3. The predicted octanol–water partition coefficient (Wildman–Crippen LogP) is 2.21. The molecule has 11 heteroatoms. The van der Waals surface area contributed by atoms with Crippen molar-refractivity contribution in [1.82, 2.24) is 25.3 Å². The molecule has 5 rings (SSSR count). The minimum Gasteiger partial charge on any atom is -0.482 e. The lowest BCUT2D eigenvalue weighted by Gasteiger charge is -2.31. The monoisotopic (exact) mass is 419 g/mol. The van der Waals surface area contributed by atoms with Crippen LogP contribution in [0.25, 0.3) is 11.1 Å². The van der Waals surface area contributed by atoms with Crippen molar-refractivity contribution in [1.29, 1.82) is 5.26 Å². The largest absolute Gasteiger partial charge is 0.482 e. The van der Waals surface area contributed by atoms with E-state index < -0.39 is 11.9 Å². The molecule has 2 aliphatic heterocycles. The van der Waals surface area contributed by atoms with E-state index in [1.165, 1.54) is 16.8 Å². The summed E-state index contributed by atoms with van der Waals surface area (Å²) < 4.78 is 21.8. The van der Waals surface area contributed by atoms with E-state index in [0.717, 1.165) is 0 Å². The number of aryl methyl sites for hydroxylation is 1. The van der Waals surface area contributed by atoms with Crippen molar-refractivity contribution in [2.45, 2.75) is 19.6 Å². The third-order valence-corrected chi connectivity index (χ3v) is 5.27. The number of pyridine rings is 1. The van der Waals surface area contributed by atoms with E-state index >= 15 is 0 Å². The van der Waals surface area contributed by atoms with Crippen molar-refractivity contribution in [2.24, 2.45) is 12.1 Å². The number of hydrogen-bond acceptors (Lipinski definition) is 9. The zero-order chi connectivity index (χ0) is 21.7. The first-order valence-corrected chi connectivity index (χ1v) is 9.49. The first-order valence-electron chi connectivity index (χ1n) is 9.49. The SMILES string of the molecule is CC1Oc2cc(cnc2N)-c2c(nn(C)c2C#N)CN2C=NNN2c2ccc(F)cc21. The molecule has 1 aromatic carbocycles. The fraction of sp³-hybridized carbons (Fsp3) is 0.200. The lowest BCUT2D eigenvalue weighted by atomic mass is 10.0. The smallest absolute Gasteiger partial charge is 0.166 e. The molecule has 3 N–H and O–H groups in total. The van der Waals surface area contributed by atoms with Crippen molar-refractivity contribution < 1.29 is 9.13 Å². The summed E-state index contributed by atoms with van der Waals surface area (Å²) in [6, 6.07) is 8.36. The van der Waals surface area contributed by atoms with Crippen LogP contribution >= 0.6 is 0 Å². The third kappa shape index (κ3) is 2.96. The lowest BCUT2D eigenvalue weighted by molar-refractivity contribution is 0.226. The van der Waals surface area contributed by atoms with Crippen LogP contribution < -0.4 is 21.1 Å². The highest BCUT2D eigenvalue weighted by atomic mass is 19.1. The molecular formula is C20H18FN9O. The molecule has 156 valence electrons. The number of hydrazine groups is 2. The van der Waals surface area contributed by atoms with E-state index in [4.69, 9.17) is 10.5 Å². The lowest BCUT2D eigenvalue weighted by Crippen LogP contribution is -2.43. The number of nitrogen functional groups attached to an aromatic ring is 1. The highest BCUT2D eigenvalue weighted by Gasteiger charge is 2.29. The first kappa shape index (κ1) is 18.7. The molecule has 0 saturated carbocycles. The van der Waals surface area contributed by atoms with Gasteiger partial charge >= 0.3 is 0 Å². The highest BCUT2D eigenvalue weighted by Crippen LogP contribution is 2.37. The summed E-state index contributed by atoms with van der Waals surface area (Å²) in [7, 11) is 1.71. The van der Waals surface area contributed by atoms with Crippen LogP contribution in [0.5, 0.6) is 5.75 Å². The van der Waals surface area contributed by atoms with Gasteiger partial charge in [0.25, 0.3) is 0 Å². The Morgan fingerprint density at radius 3 is 3.00 bits per heavy atom. The molecule has 0 saturated heterocycles. The molecule has 0 fully saturated rings. The Morgan fingerprint density at radius 1 is 1.35 bits per heavy atom. The van der Waals surface area contributed by atoms with Gasteiger partial charge in [-0.05, 0) is 31.2 Å². The van der Waals surface area contributed by atoms with Crippen LogP contribution in [0.15, 0.2) is 35.6 Å². The maximum Gasteiger partial charge on any atom is 0.166 e. The van der Waals surface area contributed by atoms with Gasteiger partial charge in [0.15, 0.2) is 11.6 Å². The van der Waals surface area contributed by atoms with Crippen molar-refractivity contribution in [3.05, 3.63) is 53.2 Å². The van der Waals surface area contributed by atoms with Gasteiger partial charge in [0, 0.05) is 29.9 Å². The van der Waals surface area contributed by atoms with Gasteiger partial charge in [-0.25, -0.2) is 14.4 Å². The first-order chi connectivity index (χ1) is 15.0. The standard InChI is InChI=1S/C20H18FN9O/c1-11-14-6-13(21)3-4-16(14)30-27-25-10-29(30)9-15-19(17(7-22)28(2)26-15)12-5-18(31-11)20(23)24-8-12/h3-6,8,10-11,27H,9H2,1-2H3,(H2,23,24). The molecule has 4 heterocycles. The van der Waals surface area contributed by atoms with Crippen LogP contribution in [0.1, 0.15) is 30.0 Å². The number of nitrogens with zero attached hydrogens (tertiary/aromatic N) is 7. The molecule has 0 amide bonds. The number of fused-ring (bicyclic) bond motifs is 7. The number of rotatable bonds is 0. The van der Waals surface area contributed by atoms with Crippen LogP contribution in [0.4, 0.5) is 15.9 Å². The molecule has 1 unspecified atom stereocenters. The Kier molecular flexibility index (Phi) is 4.14. The second-order valence-electron chi connectivity index (χ2n) is 7.23. The van der Waals surface area contributed by atoms with E-state index in [0.29, 0.717) is 46.1 Å². The van der Waals surface area contributed by atoms with Crippen LogP contribution in [0.3, 0.4) is 0 Å². The van der Waals surface area contributed by atoms with Crippen molar-refractivity contribution in [3.8, 4) is 22.9 Å². The van der Waals surface area contributed by atoms with Gasteiger partial charge in [0.2, 0.25) is 0 Å². The van der Waals surface area contributed by atoms with Crippen molar-refractivity contribution in [3.63, 3.8) is 0 Å². The average Bonchev–Trinajstić information content (AvgIpc) is 3.32. The average molecular weight is 419 g/mol. The Morgan fingerprint density at radius 2 is 2.19 bits per heavy atom. The van der Waals surface area contributed by atoms with Gasteiger partial charge in [-0.3, -0.25) is 4.68 Å². The maximum atomic E-state index is 14.1. The van der Waals surface area contributed by atoms with Gasteiger partial charge in [-0.2, -0.15) is 21.0 Å². The van der Waals surface area contributed by atoms with Gasteiger partial charge < -0.3 is 10.5 Å². The highest BCUT2D eigenvalue weighted by molar-refractivity contribution is 5.75. The second kappa shape index (κ2) is 6.88. The Bertz CT molecular complexity index is 1260. The number of hydrazone groups is 1.